The second kappa shape index (κ2) is 8.00. The maximum absolute atomic E-state index is 12.4. The van der Waals surface area contributed by atoms with Crippen LogP contribution in [0.5, 0.6) is 0 Å². The molecule has 2 rings (SSSR count). The molecule has 0 fully saturated rings. The molecule has 1 aromatic heterocycles. The van der Waals surface area contributed by atoms with Crippen LogP contribution in [0.25, 0.3) is 0 Å². The van der Waals surface area contributed by atoms with E-state index in [-0.39, 0.29) is 11.4 Å². The largest absolute Gasteiger partial charge is 0.272 e. The van der Waals surface area contributed by atoms with Gasteiger partial charge in [-0.3, -0.25) is 9.78 Å². The highest BCUT2D eigenvalue weighted by molar-refractivity contribution is 7.89. The fourth-order valence-corrected chi connectivity index (χ4v) is 3.12. The van der Waals surface area contributed by atoms with Gasteiger partial charge in [0.2, 0.25) is 10.0 Å². The molecule has 2 aromatic rings. The average Bonchev–Trinajstić information content (AvgIpc) is 2.60. The third kappa shape index (κ3) is 4.94. The van der Waals surface area contributed by atoms with Crippen LogP contribution < -0.4 is 5.43 Å². The van der Waals surface area contributed by atoms with E-state index in [1.54, 1.807) is 37.4 Å². The fraction of sp³-hybridized carbons (Fsp3) is 0.235. The molecule has 0 unspecified atom stereocenters. The Morgan fingerprint density at radius 1 is 1.20 bits per heavy atom. The topological polar surface area (TPSA) is 91.7 Å². The first-order chi connectivity index (χ1) is 11.8. The van der Waals surface area contributed by atoms with Crippen molar-refractivity contribution in [3.05, 3.63) is 59.9 Å². The summed E-state index contributed by atoms with van der Waals surface area (Å²) in [7, 11) is -2.38. The van der Waals surface area contributed by atoms with Crippen LogP contribution in [0.3, 0.4) is 0 Å². The number of benzene rings is 1. The number of nitrogens with one attached hydrogen (secondary N) is 1. The average molecular weight is 360 g/mol. The van der Waals surface area contributed by atoms with Gasteiger partial charge in [0.25, 0.3) is 5.91 Å². The summed E-state index contributed by atoms with van der Waals surface area (Å²) in [4.78, 5) is 16.2. The normalized spacial score (nSPS) is 12.2. The van der Waals surface area contributed by atoms with Gasteiger partial charge in [-0.2, -0.15) is 9.41 Å². The van der Waals surface area contributed by atoms with Gasteiger partial charge in [-0.1, -0.05) is 23.8 Å². The van der Waals surface area contributed by atoms with Gasteiger partial charge in [-0.05, 0) is 38.1 Å². The number of amides is 1. The molecule has 0 saturated heterocycles. The Hall–Kier alpha value is -2.58. The van der Waals surface area contributed by atoms with Gasteiger partial charge >= 0.3 is 0 Å². The van der Waals surface area contributed by atoms with E-state index < -0.39 is 15.9 Å². The SMILES string of the molecule is C/C(=N/NC(=O)CN(C)S(=O)(=O)c1ccc(C)cc1)c1ccccn1. The molecule has 0 aliphatic heterocycles. The molecule has 0 atom stereocenters. The molecule has 1 amide bonds. The number of pyridine rings is 1. The van der Waals surface area contributed by atoms with Crippen molar-refractivity contribution < 1.29 is 13.2 Å². The lowest BCUT2D eigenvalue weighted by Crippen LogP contribution is -2.37. The molecule has 0 bridgehead atoms. The highest BCUT2D eigenvalue weighted by atomic mass is 32.2. The standard InChI is InChI=1S/C17H20N4O3S/c1-13-7-9-15(10-8-13)25(23,24)21(3)12-17(22)20-19-14(2)16-6-4-5-11-18-16/h4-11H,12H2,1-3H3,(H,20,22)/b19-14-. The fourth-order valence-electron chi connectivity index (χ4n) is 1.99. The van der Waals surface area contributed by atoms with E-state index in [0.29, 0.717) is 11.4 Å². The van der Waals surface area contributed by atoms with Crippen LogP contribution in [0, 0.1) is 6.92 Å². The number of rotatable bonds is 6. The first kappa shape index (κ1) is 18.8. The van der Waals surface area contributed by atoms with Crippen molar-refractivity contribution in [2.24, 2.45) is 5.10 Å². The third-order valence-corrected chi connectivity index (χ3v) is 5.30. The number of nitrogens with zero attached hydrogens (tertiary/aromatic N) is 3. The van der Waals surface area contributed by atoms with Crippen molar-refractivity contribution in [3.8, 4) is 0 Å². The van der Waals surface area contributed by atoms with E-state index in [1.807, 2.05) is 13.0 Å². The molecular weight excluding hydrogens is 340 g/mol. The van der Waals surface area contributed by atoms with E-state index in [4.69, 9.17) is 0 Å². The van der Waals surface area contributed by atoms with Crippen molar-refractivity contribution in [1.82, 2.24) is 14.7 Å². The summed E-state index contributed by atoms with van der Waals surface area (Å²) in [5.74, 6) is -0.534. The third-order valence-electron chi connectivity index (χ3n) is 3.48. The second-order valence-corrected chi connectivity index (χ2v) is 7.57. The summed E-state index contributed by atoms with van der Waals surface area (Å²) in [5.41, 5.74) is 4.46. The van der Waals surface area contributed by atoms with Gasteiger partial charge in [0.05, 0.1) is 22.8 Å². The van der Waals surface area contributed by atoms with E-state index in [0.717, 1.165) is 9.87 Å². The molecule has 1 heterocycles. The Kier molecular flexibility index (Phi) is 6.00. The molecule has 1 aromatic carbocycles. The van der Waals surface area contributed by atoms with E-state index >= 15 is 0 Å². The van der Waals surface area contributed by atoms with E-state index in [2.05, 4.69) is 15.5 Å². The molecule has 0 spiro atoms. The number of hydrogen-bond acceptors (Lipinski definition) is 5. The minimum Gasteiger partial charge on any atom is -0.272 e. The van der Waals surface area contributed by atoms with Crippen molar-refractivity contribution >= 4 is 21.6 Å². The van der Waals surface area contributed by atoms with E-state index in [1.165, 1.54) is 19.2 Å². The van der Waals surface area contributed by atoms with Gasteiger partial charge in [-0.25, -0.2) is 13.8 Å². The molecule has 0 saturated carbocycles. The summed E-state index contributed by atoms with van der Waals surface area (Å²) in [5, 5.41) is 3.95. The lowest BCUT2D eigenvalue weighted by atomic mass is 10.2. The Labute approximate surface area is 147 Å². The predicted molar refractivity (Wildman–Crippen MR) is 95.6 cm³/mol. The summed E-state index contributed by atoms with van der Waals surface area (Å²) in [6.45, 7) is 3.24. The van der Waals surface area contributed by atoms with Crippen molar-refractivity contribution in [2.75, 3.05) is 13.6 Å². The molecule has 1 N–H and O–H groups in total. The number of carbonyl (C=O) groups is 1. The molecule has 0 aliphatic rings. The first-order valence-corrected chi connectivity index (χ1v) is 9.02. The lowest BCUT2D eigenvalue weighted by molar-refractivity contribution is -0.121. The van der Waals surface area contributed by atoms with Crippen LogP contribution in [-0.4, -0.2) is 42.9 Å². The van der Waals surface area contributed by atoms with Crippen LogP contribution in [0.2, 0.25) is 0 Å². The summed E-state index contributed by atoms with van der Waals surface area (Å²) in [6, 6.07) is 11.8. The number of aryl methyl sites for hydroxylation is 1. The number of sulfonamides is 1. The number of carbonyl (C=O) groups excluding carboxylic acids is 1. The maximum atomic E-state index is 12.4. The van der Waals surface area contributed by atoms with Gasteiger partial charge in [0.1, 0.15) is 0 Å². The van der Waals surface area contributed by atoms with Gasteiger partial charge in [0, 0.05) is 13.2 Å². The molecule has 0 radical (unpaired) electrons. The lowest BCUT2D eigenvalue weighted by Gasteiger charge is -2.16. The summed E-state index contributed by atoms with van der Waals surface area (Å²) in [6.07, 6.45) is 1.62. The zero-order valence-corrected chi connectivity index (χ0v) is 15.1. The zero-order valence-electron chi connectivity index (χ0n) is 14.3. The maximum Gasteiger partial charge on any atom is 0.255 e. The number of hydrazone groups is 1. The Bertz CT molecular complexity index is 863. The second-order valence-electron chi connectivity index (χ2n) is 5.52. The highest BCUT2D eigenvalue weighted by Gasteiger charge is 2.22. The first-order valence-electron chi connectivity index (χ1n) is 7.58. The van der Waals surface area contributed by atoms with Crippen LogP contribution in [-0.2, 0) is 14.8 Å². The van der Waals surface area contributed by atoms with Crippen LogP contribution in [0.4, 0.5) is 0 Å². The smallest absolute Gasteiger partial charge is 0.255 e. The molecule has 25 heavy (non-hydrogen) atoms. The van der Waals surface area contributed by atoms with Gasteiger partial charge in [0.15, 0.2) is 0 Å². The molecule has 7 nitrogen and oxygen atoms in total. The van der Waals surface area contributed by atoms with Gasteiger partial charge in [-0.15, -0.1) is 0 Å². The van der Waals surface area contributed by atoms with Crippen LogP contribution in [0.15, 0.2) is 58.7 Å². The zero-order chi connectivity index (χ0) is 18.4. The molecule has 8 heteroatoms. The van der Waals surface area contributed by atoms with Gasteiger partial charge < -0.3 is 0 Å². The number of hydrogen-bond donors (Lipinski definition) is 1. The quantitative estimate of drug-likeness (QED) is 0.625. The molecule has 0 aliphatic carbocycles. The summed E-state index contributed by atoms with van der Waals surface area (Å²) >= 11 is 0. The molecule has 132 valence electrons. The summed E-state index contributed by atoms with van der Waals surface area (Å²) < 4.78 is 25.9. The highest BCUT2D eigenvalue weighted by Crippen LogP contribution is 2.14. The minimum atomic E-state index is -3.73. The van der Waals surface area contributed by atoms with Crippen molar-refractivity contribution in [1.29, 1.82) is 0 Å². The van der Waals surface area contributed by atoms with Crippen molar-refractivity contribution in [2.45, 2.75) is 18.7 Å². The number of likely N-dealkylation sites (N-methyl/N-ethyl adjacent to an activating group) is 1. The Balaban J connectivity index is 2.01. The predicted octanol–water partition coefficient (Wildman–Crippen LogP) is 1.55. The monoisotopic (exact) mass is 360 g/mol. The van der Waals surface area contributed by atoms with Crippen molar-refractivity contribution in [3.63, 3.8) is 0 Å². The van der Waals surface area contributed by atoms with Crippen LogP contribution in [0.1, 0.15) is 18.2 Å². The number of aromatic nitrogens is 1. The Morgan fingerprint density at radius 3 is 2.48 bits per heavy atom. The molecular formula is C17H20N4O3S. The van der Waals surface area contributed by atoms with E-state index in [9.17, 15) is 13.2 Å². The Morgan fingerprint density at radius 2 is 1.88 bits per heavy atom. The van der Waals surface area contributed by atoms with Crippen LogP contribution >= 0.6 is 0 Å². The minimum absolute atomic E-state index is 0.140.